The van der Waals surface area contributed by atoms with Crippen molar-refractivity contribution < 1.29 is 14.3 Å². The smallest absolute Gasteiger partial charge is 0.350 e. The Morgan fingerprint density at radius 2 is 2.15 bits per heavy atom. The Balaban J connectivity index is 1.66. The van der Waals surface area contributed by atoms with E-state index in [0.717, 1.165) is 11.3 Å². The molecule has 1 atom stereocenters. The normalized spacial score (nSPS) is 18.3. The number of pyridine rings is 1. The number of anilines is 2. The molecule has 4 rings (SSSR count). The van der Waals surface area contributed by atoms with Gasteiger partial charge in [0.25, 0.3) is 0 Å². The van der Waals surface area contributed by atoms with Crippen molar-refractivity contribution >= 4 is 40.1 Å². The molecule has 132 valence electrons. The first-order valence-electron chi connectivity index (χ1n) is 7.93. The third-order valence-corrected chi connectivity index (χ3v) is 4.46. The first kappa shape index (κ1) is 16.5. The molecule has 2 aromatic heterocycles. The zero-order valence-electron chi connectivity index (χ0n) is 14.1. The summed E-state index contributed by atoms with van der Waals surface area (Å²) in [6.07, 6.45) is 1.89. The molecule has 1 aliphatic rings. The van der Waals surface area contributed by atoms with E-state index in [0.29, 0.717) is 34.2 Å². The highest BCUT2D eigenvalue weighted by Gasteiger charge is 2.43. The molecular weight excluding hydrogens is 356 g/mol. The minimum absolute atomic E-state index is 0.367. The first-order valence-corrected chi connectivity index (χ1v) is 8.31. The quantitative estimate of drug-likeness (QED) is 0.559. The summed E-state index contributed by atoms with van der Waals surface area (Å²) >= 11 is 5.99. The van der Waals surface area contributed by atoms with Crippen LogP contribution in [0.3, 0.4) is 0 Å². The number of esters is 1. The number of nitrogens with one attached hydrogen (secondary N) is 1. The summed E-state index contributed by atoms with van der Waals surface area (Å²) in [5, 5.41) is 3.60. The summed E-state index contributed by atoms with van der Waals surface area (Å²) in [4.78, 5) is 24.7. The first-order chi connectivity index (χ1) is 12.5. The van der Waals surface area contributed by atoms with Crippen molar-refractivity contribution in [1.82, 2.24) is 15.0 Å². The second kappa shape index (κ2) is 6.10. The number of ether oxygens (including phenoxy) is 2. The van der Waals surface area contributed by atoms with Crippen LogP contribution in [0.25, 0.3) is 11.0 Å². The topological polar surface area (TPSA) is 86.2 Å². The van der Waals surface area contributed by atoms with Crippen LogP contribution in [0, 0.1) is 0 Å². The Hall–Kier alpha value is -2.93. The fourth-order valence-corrected chi connectivity index (χ4v) is 3.16. The number of fused-ring (bicyclic) bond motifs is 2. The van der Waals surface area contributed by atoms with Crippen LogP contribution in [-0.2, 0) is 16.0 Å². The van der Waals surface area contributed by atoms with E-state index in [-0.39, 0.29) is 0 Å². The molecule has 1 unspecified atom stereocenters. The zero-order valence-corrected chi connectivity index (χ0v) is 14.9. The Morgan fingerprint density at radius 1 is 1.31 bits per heavy atom. The van der Waals surface area contributed by atoms with Crippen LogP contribution in [-0.4, -0.2) is 33.6 Å². The average Bonchev–Trinajstić information content (AvgIpc) is 2.98. The fraction of sp³-hybridized carbons (Fsp3) is 0.222. The molecule has 7 nitrogen and oxygen atoms in total. The van der Waals surface area contributed by atoms with E-state index < -0.39 is 11.6 Å². The predicted octanol–water partition coefficient (Wildman–Crippen LogP) is 3.29. The monoisotopic (exact) mass is 370 g/mol. The van der Waals surface area contributed by atoms with Crippen LogP contribution in [0.1, 0.15) is 12.5 Å². The molecule has 1 aliphatic heterocycles. The molecule has 1 aromatic carbocycles. The molecule has 0 radical (unpaired) electrons. The Morgan fingerprint density at radius 3 is 2.96 bits per heavy atom. The number of hydrogen-bond donors (Lipinski definition) is 1. The van der Waals surface area contributed by atoms with Gasteiger partial charge in [-0.3, -0.25) is 0 Å². The van der Waals surface area contributed by atoms with E-state index in [1.165, 1.54) is 13.4 Å². The van der Waals surface area contributed by atoms with Crippen molar-refractivity contribution in [3.8, 4) is 5.75 Å². The average molecular weight is 371 g/mol. The molecule has 0 bridgehead atoms. The SMILES string of the molecule is COC(=O)C1(C)Cc2cc(Nc3ncnc4ccc(Cl)nc34)ccc2O1. The van der Waals surface area contributed by atoms with Gasteiger partial charge in [0.15, 0.2) is 5.82 Å². The largest absolute Gasteiger partial charge is 0.475 e. The fourth-order valence-electron chi connectivity index (χ4n) is 3.01. The van der Waals surface area contributed by atoms with Crippen LogP contribution < -0.4 is 10.1 Å². The van der Waals surface area contributed by atoms with Gasteiger partial charge in [-0.15, -0.1) is 0 Å². The summed E-state index contributed by atoms with van der Waals surface area (Å²) in [6.45, 7) is 1.72. The summed E-state index contributed by atoms with van der Waals surface area (Å²) in [5.74, 6) is 0.813. The van der Waals surface area contributed by atoms with Gasteiger partial charge in [0.05, 0.1) is 12.6 Å². The molecule has 1 N–H and O–H groups in total. The number of nitrogens with zero attached hydrogens (tertiary/aromatic N) is 3. The summed E-state index contributed by atoms with van der Waals surface area (Å²) in [6, 6.07) is 9.05. The minimum atomic E-state index is -1.01. The number of methoxy groups -OCH3 is 1. The van der Waals surface area contributed by atoms with Crippen molar-refractivity contribution in [2.45, 2.75) is 18.9 Å². The molecule has 0 saturated heterocycles. The van der Waals surface area contributed by atoms with Gasteiger partial charge in [-0.25, -0.2) is 19.7 Å². The number of rotatable bonds is 3. The second-order valence-electron chi connectivity index (χ2n) is 6.17. The highest BCUT2D eigenvalue weighted by molar-refractivity contribution is 6.29. The Bertz CT molecular complexity index is 1030. The van der Waals surface area contributed by atoms with Gasteiger partial charge in [-0.2, -0.15) is 0 Å². The van der Waals surface area contributed by atoms with E-state index in [1.807, 2.05) is 18.2 Å². The number of hydrogen-bond acceptors (Lipinski definition) is 7. The maximum atomic E-state index is 12.0. The summed E-state index contributed by atoms with van der Waals surface area (Å²) in [7, 11) is 1.35. The van der Waals surface area contributed by atoms with Crippen LogP contribution in [0.5, 0.6) is 5.75 Å². The highest BCUT2D eigenvalue weighted by atomic mass is 35.5. The zero-order chi connectivity index (χ0) is 18.3. The van der Waals surface area contributed by atoms with Gasteiger partial charge < -0.3 is 14.8 Å². The van der Waals surface area contributed by atoms with Crippen molar-refractivity contribution in [3.05, 3.63) is 47.4 Å². The lowest BCUT2D eigenvalue weighted by Crippen LogP contribution is -2.40. The van der Waals surface area contributed by atoms with Crippen molar-refractivity contribution in [2.75, 3.05) is 12.4 Å². The third-order valence-electron chi connectivity index (χ3n) is 4.25. The molecule has 0 fully saturated rings. The van der Waals surface area contributed by atoms with Gasteiger partial charge in [0.1, 0.15) is 22.7 Å². The summed E-state index contributed by atoms with van der Waals surface area (Å²) in [5.41, 5.74) is 1.97. The van der Waals surface area contributed by atoms with E-state index in [2.05, 4.69) is 20.3 Å². The number of aromatic nitrogens is 3. The number of halogens is 1. The standard InChI is InChI=1S/C18H15ClN4O3/c1-18(17(24)25-2)8-10-7-11(3-5-13(10)26-18)22-16-15-12(20-9-21-16)4-6-14(19)23-15/h3-7,9H,8H2,1-2H3,(H,20,21,22). The maximum absolute atomic E-state index is 12.0. The van der Waals surface area contributed by atoms with Gasteiger partial charge in [-0.1, -0.05) is 11.6 Å². The Labute approximate surface area is 154 Å². The van der Waals surface area contributed by atoms with E-state index in [1.54, 1.807) is 19.1 Å². The highest BCUT2D eigenvalue weighted by Crippen LogP contribution is 2.38. The maximum Gasteiger partial charge on any atom is 0.350 e. The Kier molecular flexibility index (Phi) is 3.88. The molecule has 3 heterocycles. The van der Waals surface area contributed by atoms with Crippen molar-refractivity contribution in [3.63, 3.8) is 0 Å². The predicted molar refractivity (Wildman–Crippen MR) is 96.8 cm³/mol. The van der Waals surface area contributed by atoms with Crippen LogP contribution in [0.4, 0.5) is 11.5 Å². The molecule has 0 amide bonds. The van der Waals surface area contributed by atoms with Crippen LogP contribution in [0.2, 0.25) is 5.15 Å². The van der Waals surface area contributed by atoms with Gasteiger partial charge >= 0.3 is 5.97 Å². The minimum Gasteiger partial charge on any atom is -0.475 e. The van der Waals surface area contributed by atoms with Gasteiger partial charge in [0.2, 0.25) is 5.60 Å². The van der Waals surface area contributed by atoms with E-state index >= 15 is 0 Å². The molecule has 8 heteroatoms. The number of benzene rings is 1. The molecule has 0 spiro atoms. The molecular formula is C18H15ClN4O3. The molecule has 26 heavy (non-hydrogen) atoms. The van der Waals surface area contributed by atoms with Crippen molar-refractivity contribution in [1.29, 1.82) is 0 Å². The number of carbonyl (C=O) groups excluding carboxylic acids is 1. The lowest BCUT2D eigenvalue weighted by molar-refractivity contribution is -0.156. The van der Waals surface area contributed by atoms with E-state index in [9.17, 15) is 4.79 Å². The van der Waals surface area contributed by atoms with Crippen LogP contribution in [0.15, 0.2) is 36.7 Å². The molecule has 3 aromatic rings. The number of carbonyl (C=O) groups is 1. The third kappa shape index (κ3) is 2.80. The van der Waals surface area contributed by atoms with Crippen molar-refractivity contribution in [2.24, 2.45) is 0 Å². The second-order valence-corrected chi connectivity index (χ2v) is 6.56. The van der Waals surface area contributed by atoms with Crippen LogP contribution >= 0.6 is 11.6 Å². The lowest BCUT2D eigenvalue weighted by atomic mass is 9.99. The molecule has 0 aliphatic carbocycles. The lowest BCUT2D eigenvalue weighted by Gasteiger charge is -2.20. The summed E-state index contributed by atoms with van der Waals surface area (Å²) < 4.78 is 10.6. The van der Waals surface area contributed by atoms with Gasteiger partial charge in [0, 0.05) is 17.7 Å². The van der Waals surface area contributed by atoms with Gasteiger partial charge in [-0.05, 0) is 37.3 Å². The molecule has 0 saturated carbocycles. The van der Waals surface area contributed by atoms with E-state index in [4.69, 9.17) is 21.1 Å².